The first-order valence-electron chi connectivity index (χ1n) is 7.68. The van der Waals surface area contributed by atoms with Crippen LogP contribution in [-0.4, -0.2) is 15.7 Å². The van der Waals surface area contributed by atoms with E-state index in [0.717, 1.165) is 36.1 Å². The summed E-state index contributed by atoms with van der Waals surface area (Å²) in [5, 5.41) is 7.08. The molecule has 0 spiro atoms. The Hall–Kier alpha value is -2.50. The van der Waals surface area contributed by atoms with Gasteiger partial charge in [-0.25, -0.2) is 9.07 Å². The van der Waals surface area contributed by atoms with Gasteiger partial charge in [-0.2, -0.15) is 5.10 Å². The van der Waals surface area contributed by atoms with E-state index in [0.29, 0.717) is 0 Å². The van der Waals surface area contributed by atoms with Gasteiger partial charge in [-0.15, -0.1) is 0 Å². The molecule has 0 aliphatic heterocycles. The Kier molecular flexibility index (Phi) is 4.23. The molecule has 3 rings (SSSR count). The van der Waals surface area contributed by atoms with E-state index in [2.05, 4.69) is 10.4 Å². The topological polar surface area (TPSA) is 64.0 Å². The average molecular weight is 315 g/mol. The fourth-order valence-corrected chi connectivity index (χ4v) is 2.74. The van der Waals surface area contributed by atoms with Crippen molar-refractivity contribution in [3.8, 4) is 0 Å². The molecule has 1 aliphatic carbocycles. The molecule has 0 saturated heterocycles. The van der Waals surface area contributed by atoms with E-state index in [-0.39, 0.29) is 23.8 Å². The first-order chi connectivity index (χ1) is 11.0. The highest BCUT2D eigenvalue weighted by atomic mass is 19.1. The Morgan fingerprint density at radius 3 is 2.83 bits per heavy atom. The number of nitrogens with one attached hydrogen (secondary N) is 1. The summed E-state index contributed by atoms with van der Waals surface area (Å²) in [4.78, 5) is 24.4. The van der Waals surface area contributed by atoms with Crippen molar-refractivity contribution in [2.45, 2.75) is 38.8 Å². The van der Waals surface area contributed by atoms with Gasteiger partial charge in [0.1, 0.15) is 11.9 Å². The molecule has 5 nitrogen and oxygen atoms in total. The Bertz CT molecular complexity index is 783. The Morgan fingerprint density at radius 2 is 2.09 bits per heavy atom. The van der Waals surface area contributed by atoms with Crippen molar-refractivity contribution in [2.24, 2.45) is 0 Å². The molecule has 1 aliphatic rings. The number of hydrogen-bond acceptors (Lipinski definition) is 3. The van der Waals surface area contributed by atoms with Crippen molar-refractivity contribution in [3.05, 3.63) is 63.3 Å². The molecule has 0 radical (unpaired) electrons. The van der Waals surface area contributed by atoms with Crippen LogP contribution in [0, 0.1) is 5.82 Å². The van der Waals surface area contributed by atoms with Gasteiger partial charge in [-0.05, 0) is 49.4 Å². The van der Waals surface area contributed by atoms with Crippen molar-refractivity contribution in [1.82, 2.24) is 15.1 Å². The molecule has 1 amide bonds. The van der Waals surface area contributed by atoms with Crippen LogP contribution in [0.4, 0.5) is 4.39 Å². The normalized spacial score (nSPS) is 14.3. The maximum Gasteiger partial charge on any atom is 0.267 e. The van der Waals surface area contributed by atoms with Crippen LogP contribution in [-0.2, 0) is 24.2 Å². The maximum absolute atomic E-state index is 12.9. The van der Waals surface area contributed by atoms with E-state index in [1.807, 2.05) is 0 Å². The zero-order valence-electron chi connectivity index (χ0n) is 12.9. The minimum absolute atomic E-state index is 0.255. The zero-order valence-corrected chi connectivity index (χ0v) is 12.9. The van der Waals surface area contributed by atoms with Gasteiger partial charge in [0.05, 0.1) is 5.69 Å². The third kappa shape index (κ3) is 3.31. The molecule has 1 heterocycles. The van der Waals surface area contributed by atoms with Gasteiger partial charge in [-0.1, -0.05) is 12.1 Å². The van der Waals surface area contributed by atoms with Crippen LogP contribution in [0.2, 0.25) is 0 Å². The molecule has 2 aromatic rings. The lowest BCUT2D eigenvalue weighted by Crippen LogP contribution is -2.37. The number of carbonyl (C=O) groups is 1. The largest absolute Gasteiger partial charge is 0.350 e. The highest BCUT2D eigenvalue weighted by molar-refractivity contribution is 5.79. The lowest BCUT2D eigenvalue weighted by Gasteiger charge is -2.15. The Labute approximate surface area is 133 Å². The minimum Gasteiger partial charge on any atom is -0.350 e. The first kappa shape index (κ1) is 15.4. The lowest BCUT2D eigenvalue weighted by molar-refractivity contribution is -0.124. The summed E-state index contributed by atoms with van der Waals surface area (Å²) < 4.78 is 14.1. The van der Waals surface area contributed by atoms with Crippen LogP contribution in [0.5, 0.6) is 0 Å². The maximum atomic E-state index is 12.9. The van der Waals surface area contributed by atoms with E-state index in [9.17, 15) is 14.0 Å². The smallest absolute Gasteiger partial charge is 0.267 e. The van der Waals surface area contributed by atoms with Crippen LogP contribution >= 0.6 is 0 Å². The SMILES string of the molecule is CC(C(=O)NCc1ccc(F)cc1)n1nc2c(cc1=O)CCC2. The second-order valence-electron chi connectivity index (χ2n) is 5.77. The predicted molar refractivity (Wildman–Crippen MR) is 83.5 cm³/mol. The molecule has 0 fully saturated rings. The molecular formula is C17H18FN3O2. The van der Waals surface area contributed by atoms with Crippen LogP contribution in [0.25, 0.3) is 0 Å². The predicted octanol–water partition coefficient (Wildman–Crippen LogP) is 1.75. The third-order valence-corrected chi connectivity index (χ3v) is 4.11. The Balaban J connectivity index is 1.70. The molecule has 1 aromatic carbocycles. The van der Waals surface area contributed by atoms with Crippen LogP contribution < -0.4 is 10.9 Å². The van der Waals surface area contributed by atoms with E-state index in [4.69, 9.17) is 0 Å². The molecular weight excluding hydrogens is 297 g/mol. The first-order valence-corrected chi connectivity index (χ1v) is 7.68. The number of fused-ring (bicyclic) bond motifs is 1. The quantitative estimate of drug-likeness (QED) is 0.935. The van der Waals surface area contributed by atoms with Gasteiger partial charge < -0.3 is 5.32 Å². The number of benzene rings is 1. The van der Waals surface area contributed by atoms with Gasteiger partial charge in [-0.3, -0.25) is 9.59 Å². The summed E-state index contributed by atoms with van der Waals surface area (Å²) >= 11 is 0. The molecule has 1 atom stereocenters. The van der Waals surface area contributed by atoms with E-state index >= 15 is 0 Å². The molecule has 1 N–H and O–H groups in total. The molecule has 23 heavy (non-hydrogen) atoms. The van der Waals surface area contributed by atoms with E-state index in [1.165, 1.54) is 16.8 Å². The summed E-state index contributed by atoms with van der Waals surface area (Å²) in [5.41, 5.74) is 2.43. The molecule has 1 unspecified atom stereocenters. The number of rotatable bonds is 4. The summed E-state index contributed by atoms with van der Waals surface area (Å²) in [6.45, 7) is 1.93. The fourth-order valence-electron chi connectivity index (χ4n) is 2.74. The zero-order chi connectivity index (χ0) is 16.4. The van der Waals surface area contributed by atoms with Gasteiger partial charge >= 0.3 is 0 Å². The molecule has 0 saturated carbocycles. The van der Waals surface area contributed by atoms with Crippen molar-refractivity contribution in [1.29, 1.82) is 0 Å². The van der Waals surface area contributed by atoms with Crippen molar-refractivity contribution in [3.63, 3.8) is 0 Å². The number of carbonyl (C=O) groups excluding carboxylic acids is 1. The summed E-state index contributed by atoms with van der Waals surface area (Å²) in [5.74, 6) is -0.607. The summed E-state index contributed by atoms with van der Waals surface area (Å²) in [6, 6.07) is 6.81. The molecule has 1 aromatic heterocycles. The highest BCUT2D eigenvalue weighted by Gasteiger charge is 2.21. The number of aryl methyl sites for hydroxylation is 2. The monoisotopic (exact) mass is 315 g/mol. The number of hydrogen-bond donors (Lipinski definition) is 1. The second-order valence-corrected chi connectivity index (χ2v) is 5.77. The lowest BCUT2D eigenvalue weighted by atomic mass is 10.2. The number of nitrogens with zero attached hydrogens (tertiary/aromatic N) is 2. The standard InChI is InChI=1S/C17H18FN3O2/c1-11(17(23)19-10-12-5-7-14(18)8-6-12)21-16(22)9-13-3-2-4-15(13)20-21/h5-9,11H,2-4,10H2,1H3,(H,19,23). The third-order valence-electron chi connectivity index (χ3n) is 4.11. The molecule has 6 heteroatoms. The number of halogens is 1. The van der Waals surface area contributed by atoms with Crippen molar-refractivity contribution in [2.75, 3.05) is 0 Å². The molecule has 120 valence electrons. The summed E-state index contributed by atoms with van der Waals surface area (Å²) in [7, 11) is 0. The van der Waals surface area contributed by atoms with E-state index in [1.54, 1.807) is 25.1 Å². The van der Waals surface area contributed by atoms with Crippen molar-refractivity contribution >= 4 is 5.91 Å². The van der Waals surface area contributed by atoms with Gasteiger partial charge in [0, 0.05) is 12.6 Å². The van der Waals surface area contributed by atoms with E-state index < -0.39 is 6.04 Å². The van der Waals surface area contributed by atoms with Crippen LogP contribution in [0.3, 0.4) is 0 Å². The highest BCUT2D eigenvalue weighted by Crippen LogP contribution is 2.18. The molecule has 0 bridgehead atoms. The second kappa shape index (κ2) is 6.32. The van der Waals surface area contributed by atoms with Gasteiger partial charge in [0.25, 0.3) is 5.56 Å². The average Bonchev–Trinajstić information content (AvgIpc) is 2.99. The number of amides is 1. The fraction of sp³-hybridized carbons (Fsp3) is 0.353. The summed E-state index contributed by atoms with van der Waals surface area (Å²) in [6.07, 6.45) is 2.72. The van der Waals surface area contributed by atoms with Crippen LogP contribution in [0.15, 0.2) is 35.1 Å². The van der Waals surface area contributed by atoms with Gasteiger partial charge in [0.2, 0.25) is 5.91 Å². The van der Waals surface area contributed by atoms with Crippen LogP contribution in [0.1, 0.15) is 36.2 Å². The minimum atomic E-state index is -0.686. The Morgan fingerprint density at radius 1 is 1.35 bits per heavy atom. The van der Waals surface area contributed by atoms with Crippen molar-refractivity contribution < 1.29 is 9.18 Å². The van der Waals surface area contributed by atoms with Gasteiger partial charge in [0.15, 0.2) is 0 Å². The number of aromatic nitrogens is 2.